The van der Waals surface area contributed by atoms with Gasteiger partial charge in [0.2, 0.25) is 0 Å². The summed E-state index contributed by atoms with van der Waals surface area (Å²) in [7, 11) is 0. The van der Waals surface area contributed by atoms with Crippen LogP contribution in [0.1, 0.15) is 30.6 Å². The van der Waals surface area contributed by atoms with Crippen molar-refractivity contribution in [3.63, 3.8) is 0 Å². The van der Waals surface area contributed by atoms with Gasteiger partial charge in [0, 0.05) is 0 Å². The summed E-state index contributed by atoms with van der Waals surface area (Å²) >= 11 is 0. The molecule has 1 heterocycles. The van der Waals surface area contributed by atoms with Gasteiger partial charge in [0.15, 0.2) is 0 Å². The average molecular weight is 260 g/mol. The molecule has 1 aromatic carbocycles. The van der Waals surface area contributed by atoms with Gasteiger partial charge in [0.25, 0.3) is 0 Å². The van der Waals surface area contributed by atoms with Crippen molar-refractivity contribution in [2.75, 3.05) is 13.2 Å². The molecule has 0 aliphatic carbocycles. The average Bonchev–Trinajstić information content (AvgIpc) is 2.60. The fourth-order valence-electron chi connectivity index (χ4n) is 1.95. The Bertz CT molecular complexity index is 452. The highest BCUT2D eigenvalue weighted by molar-refractivity contribution is 5.89. The van der Waals surface area contributed by atoms with Crippen molar-refractivity contribution in [3.05, 3.63) is 48.0 Å². The van der Waals surface area contributed by atoms with Crippen LogP contribution >= 0.6 is 0 Å². The van der Waals surface area contributed by atoms with Crippen LogP contribution in [0, 0.1) is 5.92 Å². The highest BCUT2D eigenvalue weighted by atomic mass is 16.6. The number of carbonyl (C=O) groups is 1. The van der Waals surface area contributed by atoms with E-state index >= 15 is 0 Å². The molecule has 0 amide bonds. The summed E-state index contributed by atoms with van der Waals surface area (Å²) in [5.74, 6) is 0.194. The Morgan fingerprint density at radius 2 is 2.16 bits per heavy atom. The van der Waals surface area contributed by atoms with Crippen molar-refractivity contribution in [1.82, 2.24) is 0 Å². The number of benzene rings is 1. The van der Waals surface area contributed by atoms with E-state index in [-0.39, 0.29) is 12.6 Å². The molecule has 1 unspecified atom stereocenters. The molecule has 19 heavy (non-hydrogen) atoms. The van der Waals surface area contributed by atoms with Crippen molar-refractivity contribution >= 4 is 5.97 Å². The molecule has 102 valence electrons. The lowest BCUT2D eigenvalue weighted by atomic mass is 10.1. The molecule has 0 aromatic heterocycles. The summed E-state index contributed by atoms with van der Waals surface area (Å²) in [6, 6.07) is 9.01. The number of allylic oxidation sites excluding steroid dienone is 1. The van der Waals surface area contributed by atoms with Crippen molar-refractivity contribution in [2.24, 2.45) is 5.92 Å². The normalized spacial score (nSPS) is 26.7. The molecular weight excluding hydrogens is 240 g/mol. The molecule has 1 aliphatic heterocycles. The smallest absolute Gasteiger partial charge is 0.338 e. The summed E-state index contributed by atoms with van der Waals surface area (Å²) in [6.45, 7) is 5.02. The Labute approximate surface area is 114 Å². The molecule has 1 aliphatic rings. The first kappa shape index (κ1) is 13.8. The number of hydrogen-bond acceptors (Lipinski definition) is 3. The third-order valence-corrected chi connectivity index (χ3v) is 3.21. The quantitative estimate of drug-likeness (QED) is 0.618. The minimum Gasteiger partial charge on any atom is -0.459 e. The number of rotatable bonds is 3. The lowest BCUT2D eigenvalue weighted by Gasteiger charge is -2.25. The van der Waals surface area contributed by atoms with Crippen LogP contribution in [0.4, 0.5) is 0 Å². The first-order chi connectivity index (χ1) is 9.09. The van der Waals surface area contributed by atoms with Crippen molar-refractivity contribution in [2.45, 2.75) is 25.9 Å². The Balaban J connectivity index is 1.93. The van der Waals surface area contributed by atoms with Gasteiger partial charge in [-0.1, -0.05) is 37.3 Å². The topological polar surface area (TPSA) is 35.5 Å². The van der Waals surface area contributed by atoms with E-state index in [2.05, 4.69) is 13.0 Å². The van der Waals surface area contributed by atoms with Gasteiger partial charge in [-0.2, -0.15) is 0 Å². The van der Waals surface area contributed by atoms with Gasteiger partial charge in [-0.3, -0.25) is 0 Å². The lowest BCUT2D eigenvalue weighted by molar-refractivity contribution is -0.0502. The zero-order chi connectivity index (χ0) is 13.7. The highest BCUT2D eigenvalue weighted by Gasteiger charge is 2.26. The first-order valence-electron chi connectivity index (χ1n) is 6.63. The van der Waals surface area contributed by atoms with Gasteiger partial charge >= 0.3 is 5.97 Å². The van der Waals surface area contributed by atoms with E-state index in [1.165, 1.54) is 0 Å². The molecule has 0 spiro atoms. The largest absolute Gasteiger partial charge is 0.459 e. The minimum absolute atomic E-state index is 0.240. The van der Waals surface area contributed by atoms with E-state index in [9.17, 15) is 4.79 Å². The maximum absolute atomic E-state index is 11.9. The standard InChI is InChI=1S/C16H20O3/c1-13-7-6-10-16(2,19-11-13)12-18-15(17)14-8-4-3-5-9-14/h3-6,8-10,13H,7,11-12H2,1-2H3/t13?,16-/m1/s1. The van der Waals surface area contributed by atoms with Gasteiger partial charge in [0.1, 0.15) is 12.2 Å². The SMILES string of the molecule is CC1CC=C[C@](C)(COC(=O)c2ccccc2)OC1. The minimum atomic E-state index is -0.519. The van der Waals surface area contributed by atoms with Crippen molar-refractivity contribution < 1.29 is 14.3 Å². The molecule has 2 rings (SSSR count). The van der Waals surface area contributed by atoms with E-state index in [0.29, 0.717) is 18.1 Å². The zero-order valence-corrected chi connectivity index (χ0v) is 11.5. The molecule has 0 bridgehead atoms. The van der Waals surface area contributed by atoms with Gasteiger partial charge < -0.3 is 9.47 Å². The second-order valence-corrected chi connectivity index (χ2v) is 5.31. The fourth-order valence-corrected chi connectivity index (χ4v) is 1.95. The van der Waals surface area contributed by atoms with Crippen LogP contribution < -0.4 is 0 Å². The van der Waals surface area contributed by atoms with Crippen LogP contribution in [0.25, 0.3) is 0 Å². The second kappa shape index (κ2) is 6.02. The van der Waals surface area contributed by atoms with Gasteiger partial charge in [-0.05, 0) is 31.4 Å². The maximum atomic E-state index is 11.9. The molecule has 0 saturated carbocycles. The lowest BCUT2D eigenvalue weighted by Crippen LogP contribution is -2.33. The number of hydrogen-bond donors (Lipinski definition) is 0. The molecule has 0 N–H and O–H groups in total. The van der Waals surface area contributed by atoms with Gasteiger partial charge in [-0.15, -0.1) is 0 Å². The van der Waals surface area contributed by atoms with Gasteiger partial charge in [0.05, 0.1) is 12.2 Å². The molecule has 0 fully saturated rings. The third kappa shape index (κ3) is 3.93. The van der Waals surface area contributed by atoms with Crippen LogP contribution in [0.3, 0.4) is 0 Å². The third-order valence-electron chi connectivity index (χ3n) is 3.21. The molecular formula is C16H20O3. The van der Waals surface area contributed by atoms with Crippen LogP contribution in [0.2, 0.25) is 0 Å². The summed E-state index contributed by atoms with van der Waals surface area (Å²) in [6.07, 6.45) is 5.10. The highest BCUT2D eigenvalue weighted by Crippen LogP contribution is 2.21. The second-order valence-electron chi connectivity index (χ2n) is 5.31. The van der Waals surface area contributed by atoms with E-state index < -0.39 is 5.60 Å². The first-order valence-corrected chi connectivity index (χ1v) is 6.63. The monoisotopic (exact) mass is 260 g/mol. The summed E-state index contributed by atoms with van der Waals surface area (Å²) in [5, 5.41) is 0. The Hall–Kier alpha value is -1.61. The van der Waals surface area contributed by atoms with Crippen LogP contribution in [-0.2, 0) is 9.47 Å². The Morgan fingerprint density at radius 1 is 1.42 bits per heavy atom. The maximum Gasteiger partial charge on any atom is 0.338 e. The number of esters is 1. The summed E-state index contributed by atoms with van der Waals surface area (Å²) in [4.78, 5) is 11.9. The summed E-state index contributed by atoms with van der Waals surface area (Å²) < 4.78 is 11.2. The molecule has 0 radical (unpaired) electrons. The van der Waals surface area contributed by atoms with Crippen molar-refractivity contribution in [1.29, 1.82) is 0 Å². The van der Waals surface area contributed by atoms with Gasteiger partial charge in [-0.25, -0.2) is 4.79 Å². The molecule has 3 heteroatoms. The Kier molecular flexibility index (Phi) is 4.38. The Morgan fingerprint density at radius 3 is 2.89 bits per heavy atom. The summed E-state index contributed by atoms with van der Waals surface area (Å²) in [5.41, 5.74) is 0.0481. The molecule has 1 aromatic rings. The number of ether oxygens (including phenoxy) is 2. The predicted octanol–water partition coefficient (Wildman–Crippen LogP) is 3.21. The van der Waals surface area contributed by atoms with E-state index in [1.807, 2.05) is 31.2 Å². The van der Waals surface area contributed by atoms with E-state index in [4.69, 9.17) is 9.47 Å². The van der Waals surface area contributed by atoms with Crippen LogP contribution in [0.15, 0.2) is 42.5 Å². The fraction of sp³-hybridized carbons (Fsp3) is 0.438. The number of carbonyl (C=O) groups excluding carboxylic acids is 1. The van der Waals surface area contributed by atoms with Crippen LogP contribution in [0.5, 0.6) is 0 Å². The molecule has 2 atom stereocenters. The zero-order valence-electron chi connectivity index (χ0n) is 11.5. The molecule has 3 nitrogen and oxygen atoms in total. The molecule has 0 saturated heterocycles. The van der Waals surface area contributed by atoms with E-state index in [1.54, 1.807) is 12.1 Å². The van der Waals surface area contributed by atoms with Crippen LogP contribution in [-0.4, -0.2) is 24.8 Å². The predicted molar refractivity (Wildman–Crippen MR) is 74.0 cm³/mol. The van der Waals surface area contributed by atoms with Crippen molar-refractivity contribution in [3.8, 4) is 0 Å². The van der Waals surface area contributed by atoms with E-state index in [0.717, 1.165) is 6.42 Å².